The summed E-state index contributed by atoms with van der Waals surface area (Å²) in [7, 11) is 0. The first-order valence-electron chi connectivity index (χ1n) is 8.53. The molecule has 1 heterocycles. The van der Waals surface area contributed by atoms with Crippen molar-refractivity contribution < 1.29 is 19.2 Å². The quantitative estimate of drug-likeness (QED) is 0.506. The van der Waals surface area contributed by atoms with Crippen LogP contribution in [0.4, 0.5) is 5.69 Å². The van der Waals surface area contributed by atoms with Gasteiger partial charge in [0.05, 0.1) is 23.0 Å². The van der Waals surface area contributed by atoms with Crippen LogP contribution in [0.5, 0.6) is 0 Å². The van der Waals surface area contributed by atoms with Crippen LogP contribution in [0.3, 0.4) is 0 Å². The molecule has 1 N–H and O–H groups in total. The molecule has 1 aliphatic heterocycles. The van der Waals surface area contributed by atoms with Crippen molar-refractivity contribution in [2.75, 3.05) is 6.61 Å². The summed E-state index contributed by atoms with van der Waals surface area (Å²) in [5.74, 6) is -1.49. The first-order valence-corrected chi connectivity index (χ1v) is 8.53. The molecule has 26 heavy (non-hydrogen) atoms. The fraction of sp³-hybridized carbons (Fsp3) is 0.368. The topological polar surface area (TPSA) is 98.5 Å². The highest BCUT2D eigenvalue weighted by Gasteiger charge is 2.45. The summed E-state index contributed by atoms with van der Waals surface area (Å²) in [6.45, 7) is 3.75. The number of non-ortho nitro benzene ring substituents is 1. The Morgan fingerprint density at radius 2 is 2.04 bits per heavy atom. The van der Waals surface area contributed by atoms with Gasteiger partial charge in [0.15, 0.2) is 5.78 Å². The lowest BCUT2D eigenvalue weighted by Gasteiger charge is -2.41. The predicted octanol–water partition coefficient (Wildman–Crippen LogP) is 2.63. The van der Waals surface area contributed by atoms with E-state index in [4.69, 9.17) is 4.74 Å². The normalized spacial score (nSPS) is 24.7. The van der Waals surface area contributed by atoms with Crippen LogP contribution >= 0.6 is 0 Å². The fourth-order valence-corrected chi connectivity index (χ4v) is 3.77. The molecule has 1 aliphatic carbocycles. The molecule has 0 bridgehead atoms. The number of esters is 1. The lowest BCUT2D eigenvalue weighted by atomic mass is 9.69. The minimum absolute atomic E-state index is 0.0347. The Labute approximate surface area is 150 Å². The molecule has 0 saturated carbocycles. The molecule has 0 radical (unpaired) electrons. The highest BCUT2D eigenvalue weighted by Crippen LogP contribution is 2.42. The second-order valence-electron chi connectivity index (χ2n) is 6.40. The van der Waals surface area contributed by atoms with Gasteiger partial charge in [0.1, 0.15) is 0 Å². The van der Waals surface area contributed by atoms with Crippen LogP contribution in [0.15, 0.2) is 47.7 Å². The molecule has 7 nitrogen and oxygen atoms in total. The zero-order chi connectivity index (χ0) is 18.8. The number of rotatable bonds is 4. The highest BCUT2D eigenvalue weighted by atomic mass is 16.6. The molecular formula is C19H20N2O5. The number of nitrogens with zero attached hydrogens (tertiary/aromatic N) is 1. The van der Waals surface area contributed by atoms with E-state index in [0.717, 1.165) is 0 Å². The van der Waals surface area contributed by atoms with Gasteiger partial charge in [0.25, 0.3) is 5.69 Å². The van der Waals surface area contributed by atoms with E-state index in [1.165, 1.54) is 12.1 Å². The fourth-order valence-electron chi connectivity index (χ4n) is 3.77. The van der Waals surface area contributed by atoms with Gasteiger partial charge >= 0.3 is 5.97 Å². The lowest BCUT2D eigenvalue weighted by molar-refractivity contribution is -0.384. The van der Waals surface area contributed by atoms with Gasteiger partial charge in [-0.3, -0.25) is 14.9 Å². The molecule has 3 unspecified atom stereocenters. The number of ketones is 1. The Morgan fingerprint density at radius 3 is 2.65 bits per heavy atom. The number of hydrogen-bond donors (Lipinski definition) is 1. The van der Waals surface area contributed by atoms with Gasteiger partial charge in [-0.25, -0.2) is 4.79 Å². The van der Waals surface area contributed by atoms with Crippen LogP contribution in [0.2, 0.25) is 0 Å². The van der Waals surface area contributed by atoms with Gasteiger partial charge in [-0.2, -0.15) is 0 Å². The SMILES string of the molecule is CCOC(=O)C1=C(C)NC2CC=CC(=O)C2C1c1ccc([N+](=O)[O-])cc1. The van der Waals surface area contributed by atoms with Crippen molar-refractivity contribution in [2.45, 2.75) is 32.2 Å². The molecule has 0 amide bonds. The third kappa shape index (κ3) is 3.12. The van der Waals surface area contributed by atoms with E-state index in [1.54, 1.807) is 32.1 Å². The van der Waals surface area contributed by atoms with Crippen molar-refractivity contribution >= 4 is 17.4 Å². The molecule has 1 aromatic rings. The summed E-state index contributed by atoms with van der Waals surface area (Å²) in [5, 5.41) is 14.2. The Balaban J connectivity index is 2.11. The van der Waals surface area contributed by atoms with Crippen molar-refractivity contribution in [1.82, 2.24) is 5.32 Å². The van der Waals surface area contributed by atoms with E-state index in [2.05, 4.69) is 5.32 Å². The second kappa shape index (κ2) is 7.11. The van der Waals surface area contributed by atoms with Crippen LogP contribution < -0.4 is 5.32 Å². The largest absolute Gasteiger partial charge is 0.463 e. The molecule has 3 atom stereocenters. The molecule has 2 aliphatic rings. The average Bonchev–Trinajstić information content (AvgIpc) is 2.61. The second-order valence-corrected chi connectivity index (χ2v) is 6.40. The van der Waals surface area contributed by atoms with Crippen LogP contribution in [0, 0.1) is 16.0 Å². The number of nitro benzene ring substituents is 1. The van der Waals surface area contributed by atoms with E-state index < -0.39 is 22.7 Å². The molecule has 7 heteroatoms. The summed E-state index contributed by atoms with van der Waals surface area (Å²) in [6, 6.07) is 5.90. The summed E-state index contributed by atoms with van der Waals surface area (Å²) in [4.78, 5) is 35.7. The maximum Gasteiger partial charge on any atom is 0.336 e. The van der Waals surface area contributed by atoms with Crippen molar-refractivity contribution in [1.29, 1.82) is 0 Å². The number of carbonyl (C=O) groups excluding carboxylic acids is 2. The molecule has 0 spiro atoms. The predicted molar refractivity (Wildman–Crippen MR) is 94.3 cm³/mol. The van der Waals surface area contributed by atoms with Gasteiger partial charge in [-0.15, -0.1) is 0 Å². The van der Waals surface area contributed by atoms with Crippen LogP contribution in [-0.2, 0) is 14.3 Å². The average molecular weight is 356 g/mol. The zero-order valence-electron chi connectivity index (χ0n) is 14.6. The highest BCUT2D eigenvalue weighted by molar-refractivity contribution is 5.98. The molecule has 0 aromatic heterocycles. The maximum absolute atomic E-state index is 12.6. The number of carbonyl (C=O) groups is 2. The van der Waals surface area contributed by atoms with Crippen molar-refractivity contribution in [3.05, 3.63) is 63.4 Å². The third-order valence-corrected chi connectivity index (χ3v) is 4.87. The molecule has 3 rings (SSSR count). The Kier molecular flexibility index (Phi) is 4.88. The minimum Gasteiger partial charge on any atom is -0.463 e. The number of benzene rings is 1. The lowest BCUT2D eigenvalue weighted by Crippen LogP contribution is -2.49. The third-order valence-electron chi connectivity index (χ3n) is 4.87. The van der Waals surface area contributed by atoms with Gasteiger partial charge in [-0.1, -0.05) is 18.2 Å². The van der Waals surface area contributed by atoms with Crippen molar-refractivity contribution in [2.24, 2.45) is 5.92 Å². The first-order chi connectivity index (χ1) is 12.4. The number of hydrogen-bond acceptors (Lipinski definition) is 6. The van der Waals surface area contributed by atoms with Gasteiger partial charge < -0.3 is 10.1 Å². The van der Waals surface area contributed by atoms with Gasteiger partial charge in [0, 0.05) is 29.8 Å². The smallest absolute Gasteiger partial charge is 0.336 e. The Hall–Kier alpha value is -2.96. The van der Waals surface area contributed by atoms with Gasteiger partial charge in [0.2, 0.25) is 0 Å². The Morgan fingerprint density at radius 1 is 1.35 bits per heavy atom. The van der Waals surface area contributed by atoms with Crippen LogP contribution in [0.25, 0.3) is 0 Å². The van der Waals surface area contributed by atoms with E-state index in [0.29, 0.717) is 23.3 Å². The standard InChI is InChI=1S/C19H20N2O5/c1-3-26-19(23)16-11(2)20-14-5-4-6-15(22)18(14)17(16)12-7-9-13(10-8-12)21(24)25/h4,6-10,14,17-18,20H,3,5H2,1-2H3. The van der Waals surface area contributed by atoms with Crippen molar-refractivity contribution in [3.8, 4) is 0 Å². The van der Waals surface area contributed by atoms with E-state index in [9.17, 15) is 19.7 Å². The van der Waals surface area contributed by atoms with Crippen LogP contribution in [0.1, 0.15) is 31.7 Å². The minimum atomic E-state index is -0.501. The monoisotopic (exact) mass is 356 g/mol. The van der Waals surface area contributed by atoms with E-state index in [-0.39, 0.29) is 24.1 Å². The number of ether oxygens (including phenoxy) is 1. The number of nitro groups is 1. The van der Waals surface area contributed by atoms with E-state index in [1.807, 2.05) is 6.08 Å². The summed E-state index contributed by atoms with van der Waals surface area (Å²) < 4.78 is 5.21. The zero-order valence-corrected chi connectivity index (χ0v) is 14.6. The summed E-state index contributed by atoms with van der Waals surface area (Å²) in [6.07, 6.45) is 4.05. The Bertz CT molecular complexity index is 810. The molecule has 136 valence electrons. The number of fused-ring (bicyclic) bond motifs is 1. The van der Waals surface area contributed by atoms with Crippen LogP contribution in [-0.4, -0.2) is 29.3 Å². The number of allylic oxidation sites excluding steroid dienone is 2. The molecule has 1 aromatic carbocycles. The number of nitrogens with one attached hydrogen (secondary N) is 1. The first kappa shape index (κ1) is 17.8. The van der Waals surface area contributed by atoms with E-state index >= 15 is 0 Å². The maximum atomic E-state index is 12.6. The summed E-state index contributed by atoms with van der Waals surface area (Å²) in [5.41, 5.74) is 1.74. The van der Waals surface area contributed by atoms with Crippen molar-refractivity contribution in [3.63, 3.8) is 0 Å². The summed E-state index contributed by atoms with van der Waals surface area (Å²) >= 11 is 0. The molecular weight excluding hydrogens is 336 g/mol. The molecule has 0 fully saturated rings. The van der Waals surface area contributed by atoms with Gasteiger partial charge in [-0.05, 0) is 31.9 Å². The molecule has 0 saturated heterocycles.